The number of primary amides is 1. The zero-order valence-corrected chi connectivity index (χ0v) is 16.6. The number of hydrogen-bond acceptors (Lipinski definition) is 3. The van der Waals surface area contributed by atoms with Gasteiger partial charge in [-0.2, -0.15) is 4.31 Å². The maximum Gasteiger partial charge on any atom is 0.266 e. The normalized spacial score (nSPS) is 19.8. The molecule has 1 aliphatic rings. The molecule has 1 radical (unpaired) electrons. The summed E-state index contributed by atoms with van der Waals surface area (Å²) < 4.78 is 28.7. The summed E-state index contributed by atoms with van der Waals surface area (Å²) in [4.78, 5) is 14.7. The van der Waals surface area contributed by atoms with Gasteiger partial charge in [0.15, 0.2) is 0 Å². The number of H-pyrrole nitrogens is 1. The van der Waals surface area contributed by atoms with Gasteiger partial charge in [-0.15, -0.1) is 0 Å². The minimum atomic E-state index is -3.96. The summed E-state index contributed by atoms with van der Waals surface area (Å²) in [5.41, 5.74) is 5.59. The van der Waals surface area contributed by atoms with Crippen molar-refractivity contribution >= 4 is 38.4 Å². The molecule has 1 aliphatic heterocycles. The van der Waals surface area contributed by atoms with E-state index in [1.54, 1.807) is 18.2 Å². The second-order valence-corrected chi connectivity index (χ2v) is 9.95. The first-order valence-corrected chi connectivity index (χ1v) is 10.3. The van der Waals surface area contributed by atoms with Gasteiger partial charge in [-0.3, -0.25) is 4.79 Å². The van der Waals surface area contributed by atoms with Crippen molar-refractivity contribution in [3.63, 3.8) is 0 Å². The summed E-state index contributed by atoms with van der Waals surface area (Å²) in [6.45, 7) is 6.40. The lowest BCUT2D eigenvalue weighted by atomic mass is 9.82. The molecule has 8 heteroatoms. The van der Waals surface area contributed by atoms with Gasteiger partial charge in [0.25, 0.3) is 5.91 Å². The molecule has 2 heterocycles. The minimum absolute atomic E-state index is 0.0907. The lowest BCUT2D eigenvalue weighted by Gasteiger charge is -2.42. The number of nitrogens with zero attached hydrogens (tertiary/aromatic N) is 1. The molecule has 0 aliphatic carbocycles. The summed E-state index contributed by atoms with van der Waals surface area (Å²) in [6, 6.07) is 4.55. The van der Waals surface area contributed by atoms with E-state index in [4.69, 9.17) is 17.3 Å². The number of fused-ring (bicyclic) bond motifs is 1. The van der Waals surface area contributed by atoms with Crippen molar-refractivity contribution < 1.29 is 13.2 Å². The van der Waals surface area contributed by atoms with Gasteiger partial charge in [0.05, 0.1) is 0 Å². The number of amides is 1. The minimum Gasteiger partial charge on any atom is -0.364 e. The zero-order valence-electron chi connectivity index (χ0n) is 15.0. The summed E-state index contributed by atoms with van der Waals surface area (Å²) in [6.07, 6.45) is 3.63. The van der Waals surface area contributed by atoms with Gasteiger partial charge >= 0.3 is 0 Å². The Bertz CT molecular complexity index is 960. The van der Waals surface area contributed by atoms with Crippen molar-refractivity contribution in [2.45, 2.75) is 44.6 Å². The molecule has 1 aromatic heterocycles. The summed E-state index contributed by atoms with van der Waals surface area (Å²) in [7, 11) is -3.96. The first-order chi connectivity index (χ1) is 12.0. The molecule has 0 saturated carbocycles. The molecule has 1 aromatic carbocycles. The third-order valence-corrected chi connectivity index (χ3v) is 6.90. The number of sulfonamides is 1. The monoisotopic (exact) mass is 396 g/mol. The number of halogens is 1. The average Bonchev–Trinajstić information content (AvgIpc) is 2.93. The predicted molar refractivity (Wildman–Crippen MR) is 102 cm³/mol. The lowest BCUT2D eigenvalue weighted by Crippen LogP contribution is -2.50. The molecule has 1 fully saturated rings. The molecule has 0 spiro atoms. The third kappa shape index (κ3) is 3.23. The van der Waals surface area contributed by atoms with Crippen LogP contribution in [0.15, 0.2) is 23.1 Å². The van der Waals surface area contributed by atoms with Crippen LogP contribution in [0.1, 0.15) is 44.1 Å². The van der Waals surface area contributed by atoms with Crippen LogP contribution in [-0.2, 0) is 10.0 Å². The summed E-state index contributed by atoms with van der Waals surface area (Å²) >= 11 is 6.07. The first kappa shape index (κ1) is 19.2. The Morgan fingerprint density at radius 2 is 2.04 bits per heavy atom. The van der Waals surface area contributed by atoms with E-state index in [2.05, 4.69) is 4.98 Å². The number of aromatic amines is 1. The number of piperidine rings is 1. The van der Waals surface area contributed by atoms with Gasteiger partial charge in [0.2, 0.25) is 10.0 Å². The van der Waals surface area contributed by atoms with Crippen molar-refractivity contribution in [1.29, 1.82) is 0 Å². The van der Waals surface area contributed by atoms with Crippen LogP contribution >= 0.6 is 11.6 Å². The lowest BCUT2D eigenvalue weighted by molar-refractivity contribution is 0.0993. The van der Waals surface area contributed by atoms with Crippen LogP contribution in [0.2, 0.25) is 5.02 Å². The van der Waals surface area contributed by atoms with Gasteiger partial charge < -0.3 is 10.7 Å². The highest BCUT2D eigenvalue weighted by molar-refractivity contribution is 7.89. The van der Waals surface area contributed by atoms with E-state index in [9.17, 15) is 13.2 Å². The smallest absolute Gasteiger partial charge is 0.266 e. The van der Waals surface area contributed by atoms with E-state index in [-0.39, 0.29) is 22.0 Å². The van der Waals surface area contributed by atoms with Gasteiger partial charge in [-0.1, -0.05) is 32.4 Å². The second-order valence-electron chi connectivity index (χ2n) is 7.69. The zero-order chi connectivity index (χ0) is 19.3. The number of nitrogens with one attached hydrogen (secondary N) is 1. The number of aromatic nitrogens is 1. The summed E-state index contributed by atoms with van der Waals surface area (Å²) in [5, 5.41) is 0.770. The van der Waals surface area contributed by atoms with Gasteiger partial charge in [-0.05, 0) is 42.9 Å². The number of nitrogens with two attached hydrogens (primary N) is 1. The molecule has 141 valence electrons. The Labute approximate surface area is 158 Å². The Balaban J connectivity index is 2.25. The highest BCUT2D eigenvalue weighted by Crippen LogP contribution is 2.38. The SMILES string of the molecule is CC(C)(C)C1[CH]CCCN1S(=O)(=O)c1c(C(N)=O)[nH]c2ccc(Cl)cc12. The Kier molecular flexibility index (Phi) is 4.83. The van der Waals surface area contributed by atoms with E-state index >= 15 is 0 Å². The van der Waals surface area contributed by atoms with E-state index in [1.807, 2.05) is 27.2 Å². The molecular weight excluding hydrogens is 374 g/mol. The van der Waals surface area contributed by atoms with Crippen molar-refractivity contribution in [3.8, 4) is 0 Å². The topological polar surface area (TPSA) is 96.3 Å². The van der Waals surface area contributed by atoms with Gasteiger partial charge in [0, 0.05) is 28.5 Å². The Morgan fingerprint density at radius 1 is 1.35 bits per heavy atom. The average molecular weight is 397 g/mol. The fourth-order valence-corrected chi connectivity index (χ4v) is 5.87. The number of benzene rings is 1. The quantitative estimate of drug-likeness (QED) is 0.832. The van der Waals surface area contributed by atoms with Crippen molar-refractivity contribution in [2.75, 3.05) is 6.54 Å². The van der Waals surface area contributed by atoms with Gasteiger partial charge in [-0.25, -0.2) is 8.42 Å². The molecule has 1 unspecified atom stereocenters. The molecule has 26 heavy (non-hydrogen) atoms. The maximum absolute atomic E-state index is 13.6. The summed E-state index contributed by atoms with van der Waals surface area (Å²) in [5.74, 6) is -0.816. The van der Waals surface area contributed by atoms with Crippen LogP contribution in [0.4, 0.5) is 0 Å². The molecule has 0 bridgehead atoms. The fourth-order valence-electron chi connectivity index (χ4n) is 3.53. The maximum atomic E-state index is 13.6. The highest BCUT2D eigenvalue weighted by Gasteiger charge is 2.42. The number of rotatable bonds is 3. The molecule has 6 nitrogen and oxygen atoms in total. The standard InChI is InChI=1S/C18H23ClN3O3S/c1-18(2,3)14-6-4-5-9-22(14)26(24,25)16-12-10-11(19)7-8-13(12)21-15(16)17(20)23/h6-8,10,14,21H,4-5,9H2,1-3H3,(H2,20,23). The van der Waals surface area contributed by atoms with E-state index < -0.39 is 15.9 Å². The number of hydrogen-bond donors (Lipinski definition) is 2. The first-order valence-electron chi connectivity index (χ1n) is 8.49. The van der Waals surface area contributed by atoms with Crippen LogP contribution in [-0.4, -0.2) is 36.2 Å². The van der Waals surface area contributed by atoms with Crippen LogP contribution in [0, 0.1) is 11.8 Å². The predicted octanol–water partition coefficient (Wildman–Crippen LogP) is 3.32. The van der Waals surface area contributed by atoms with E-state index in [1.165, 1.54) is 4.31 Å². The number of carbonyl (C=O) groups excluding carboxylic acids is 1. The van der Waals surface area contributed by atoms with Crippen LogP contribution in [0.25, 0.3) is 10.9 Å². The molecule has 3 N–H and O–H groups in total. The second kappa shape index (κ2) is 6.55. The molecule has 1 amide bonds. The molecular formula is C18H23ClN3O3S. The van der Waals surface area contributed by atoms with E-state index in [0.29, 0.717) is 22.5 Å². The molecule has 2 aromatic rings. The Morgan fingerprint density at radius 3 is 2.65 bits per heavy atom. The molecule has 1 saturated heterocycles. The highest BCUT2D eigenvalue weighted by atomic mass is 35.5. The van der Waals surface area contributed by atoms with Crippen molar-refractivity contribution in [2.24, 2.45) is 11.1 Å². The largest absolute Gasteiger partial charge is 0.364 e. The Hall–Kier alpha value is -1.57. The molecule has 3 rings (SSSR count). The van der Waals surface area contributed by atoms with Crippen LogP contribution < -0.4 is 5.73 Å². The van der Waals surface area contributed by atoms with Crippen LogP contribution in [0.3, 0.4) is 0 Å². The fraction of sp³-hybridized carbons (Fsp3) is 0.444. The van der Waals surface area contributed by atoms with Crippen molar-refractivity contribution in [3.05, 3.63) is 35.3 Å². The number of carbonyl (C=O) groups is 1. The van der Waals surface area contributed by atoms with Crippen LogP contribution in [0.5, 0.6) is 0 Å². The third-order valence-electron chi connectivity index (χ3n) is 4.70. The van der Waals surface area contributed by atoms with Crippen molar-refractivity contribution in [1.82, 2.24) is 9.29 Å². The van der Waals surface area contributed by atoms with E-state index in [0.717, 1.165) is 12.8 Å². The molecule has 1 atom stereocenters. The van der Waals surface area contributed by atoms with Gasteiger partial charge in [0.1, 0.15) is 10.6 Å².